The minimum absolute atomic E-state index is 0.0578. The summed E-state index contributed by atoms with van der Waals surface area (Å²) in [6.45, 7) is 3.14. The highest BCUT2D eigenvalue weighted by atomic mass is 35.5. The van der Waals surface area contributed by atoms with Crippen LogP contribution in [0, 0.1) is 5.82 Å². The topological polar surface area (TPSA) is 52.7 Å². The van der Waals surface area contributed by atoms with Crippen molar-refractivity contribution in [2.75, 3.05) is 32.7 Å². The van der Waals surface area contributed by atoms with Crippen molar-refractivity contribution in [3.8, 4) is 0 Å². The number of benzene rings is 2. The van der Waals surface area contributed by atoms with E-state index < -0.39 is 0 Å². The number of likely N-dealkylation sites (tertiary alicyclic amines) is 2. The van der Waals surface area contributed by atoms with Crippen LogP contribution in [0.4, 0.5) is 4.39 Å². The molecule has 2 aromatic carbocycles. The summed E-state index contributed by atoms with van der Waals surface area (Å²) in [6.07, 6.45) is 3.02. The lowest BCUT2D eigenvalue weighted by Gasteiger charge is -2.37. The van der Waals surface area contributed by atoms with Gasteiger partial charge in [0, 0.05) is 31.2 Å². The Bertz CT molecular complexity index is 1000. The Balaban J connectivity index is 1.28. The van der Waals surface area contributed by atoms with E-state index in [1.54, 1.807) is 24.3 Å². The molecule has 2 aliphatic rings. The number of carbonyl (C=O) groups excluding carboxylic acids is 2. The van der Waals surface area contributed by atoms with Gasteiger partial charge < -0.3 is 10.2 Å². The van der Waals surface area contributed by atoms with Crippen LogP contribution < -0.4 is 5.32 Å². The SMILES string of the molecule is O=C(NCC(=O)N1CCC(N2CCCC(c3cccc(F)c3)C2)C1)c1ccc(Cl)c(Cl)c1. The zero-order valence-electron chi connectivity index (χ0n) is 17.7. The van der Waals surface area contributed by atoms with Gasteiger partial charge in [0.25, 0.3) is 5.91 Å². The van der Waals surface area contributed by atoms with Crippen LogP contribution in [0.3, 0.4) is 0 Å². The van der Waals surface area contributed by atoms with E-state index in [4.69, 9.17) is 23.2 Å². The number of hydrogen-bond donors (Lipinski definition) is 1. The highest BCUT2D eigenvalue weighted by Crippen LogP contribution is 2.30. The molecule has 2 aromatic rings. The quantitative estimate of drug-likeness (QED) is 0.696. The molecule has 5 nitrogen and oxygen atoms in total. The Morgan fingerprint density at radius 1 is 1.03 bits per heavy atom. The summed E-state index contributed by atoms with van der Waals surface area (Å²) in [7, 11) is 0. The van der Waals surface area contributed by atoms with Crippen LogP contribution >= 0.6 is 23.2 Å². The number of piperidine rings is 1. The molecule has 2 saturated heterocycles. The summed E-state index contributed by atoms with van der Waals surface area (Å²) in [5, 5.41) is 3.34. The van der Waals surface area contributed by atoms with Gasteiger partial charge in [0.05, 0.1) is 16.6 Å². The maximum atomic E-state index is 13.6. The normalized spacial score (nSPS) is 21.5. The second-order valence-electron chi connectivity index (χ2n) is 8.48. The Labute approximate surface area is 197 Å². The van der Waals surface area contributed by atoms with Gasteiger partial charge in [0.15, 0.2) is 0 Å². The van der Waals surface area contributed by atoms with Gasteiger partial charge in [-0.05, 0) is 67.6 Å². The van der Waals surface area contributed by atoms with Gasteiger partial charge in [0.1, 0.15) is 5.82 Å². The van der Waals surface area contributed by atoms with E-state index in [-0.39, 0.29) is 24.2 Å². The summed E-state index contributed by atoms with van der Waals surface area (Å²) in [5.41, 5.74) is 1.41. The molecule has 0 spiro atoms. The molecule has 2 amide bonds. The average Bonchev–Trinajstić information content (AvgIpc) is 3.30. The van der Waals surface area contributed by atoms with E-state index in [2.05, 4.69) is 10.2 Å². The first-order valence-electron chi connectivity index (χ1n) is 10.9. The minimum Gasteiger partial charge on any atom is -0.343 e. The van der Waals surface area contributed by atoms with Gasteiger partial charge in [-0.3, -0.25) is 14.5 Å². The first-order valence-corrected chi connectivity index (χ1v) is 11.7. The minimum atomic E-state index is -0.360. The Morgan fingerprint density at radius 2 is 1.88 bits per heavy atom. The van der Waals surface area contributed by atoms with Crippen LogP contribution in [0.1, 0.15) is 41.1 Å². The number of halogens is 3. The van der Waals surface area contributed by atoms with Crippen LogP contribution in [0.25, 0.3) is 0 Å². The van der Waals surface area contributed by atoms with Crippen LogP contribution in [-0.4, -0.2) is 60.4 Å². The molecule has 170 valence electrons. The highest BCUT2D eigenvalue weighted by molar-refractivity contribution is 6.42. The molecular formula is C24H26Cl2FN3O2. The van der Waals surface area contributed by atoms with Crippen molar-refractivity contribution in [2.45, 2.75) is 31.2 Å². The Kier molecular flexibility index (Phi) is 7.33. The van der Waals surface area contributed by atoms with Crippen molar-refractivity contribution < 1.29 is 14.0 Å². The van der Waals surface area contributed by atoms with Gasteiger partial charge in [0.2, 0.25) is 5.91 Å². The molecular weight excluding hydrogens is 452 g/mol. The lowest BCUT2D eigenvalue weighted by molar-refractivity contribution is -0.129. The van der Waals surface area contributed by atoms with E-state index in [1.165, 1.54) is 12.1 Å². The van der Waals surface area contributed by atoms with Crippen molar-refractivity contribution >= 4 is 35.0 Å². The van der Waals surface area contributed by atoms with E-state index in [0.29, 0.717) is 40.7 Å². The number of carbonyl (C=O) groups is 2. The molecule has 0 aromatic heterocycles. The number of nitrogens with zero attached hydrogens (tertiary/aromatic N) is 2. The molecule has 1 N–H and O–H groups in total. The van der Waals surface area contributed by atoms with Crippen molar-refractivity contribution in [1.29, 1.82) is 0 Å². The average molecular weight is 478 g/mol. The maximum absolute atomic E-state index is 13.6. The standard InChI is InChI=1S/C24H26Cl2FN3O2/c25-21-7-6-17(12-22(21)26)24(32)28-13-23(31)30-10-8-20(15-30)29-9-2-4-18(14-29)16-3-1-5-19(27)11-16/h1,3,5-7,11-12,18,20H,2,4,8-10,13-15H2,(H,28,32). The van der Waals surface area contributed by atoms with E-state index >= 15 is 0 Å². The summed E-state index contributed by atoms with van der Waals surface area (Å²) in [6, 6.07) is 11.8. The van der Waals surface area contributed by atoms with Gasteiger partial charge >= 0.3 is 0 Å². The molecule has 0 aliphatic carbocycles. The lowest BCUT2D eigenvalue weighted by Crippen LogP contribution is -2.45. The molecule has 0 radical (unpaired) electrons. The summed E-state index contributed by atoms with van der Waals surface area (Å²) in [5.74, 6) is -0.337. The maximum Gasteiger partial charge on any atom is 0.251 e. The van der Waals surface area contributed by atoms with Crippen LogP contribution in [0.15, 0.2) is 42.5 Å². The van der Waals surface area contributed by atoms with Gasteiger partial charge in [-0.2, -0.15) is 0 Å². The molecule has 0 bridgehead atoms. The van der Waals surface area contributed by atoms with Crippen molar-refractivity contribution in [3.05, 3.63) is 69.5 Å². The molecule has 0 saturated carbocycles. The highest BCUT2D eigenvalue weighted by Gasteiger charge is 2.33. The molecule has 2 atom stereocenters. The predicted octanol–water partition coefficient (Wildman–Crippen LogP) is 4.34. The summed E-state index contributed by atoms with van der Waals surface area (Å²) >= 11 is 11.8. The van der Waals surface area contributed by atoms with Crippen molar-refractivity contribution in [2.24, 2.45) is 0 Å². The van der Waals surface area contributed by atoms with Gasteiger partial charge in [-0.15, -0.1) is 0 Å². The van der Waals surface area contributed by atoms with Crippen LogP contribution in [-0.2, 0) is 4.79 Å². The molecule has 32 heavy (non-hydrogen) atoms. The first-order chi connectivity index (χ1) is 15.4. The first kappa shape index (κ1) is 23.0. The van der Waals surface area contributed by atoms with Gasteiger partial charge in [-0.1, -0.05) is 35.3 Å². The number of amides is 2. The fourth-order valence-corrected chi connectivity index (χ4v) is 4.94. The van der Waals surface area contributed by atoms with E-state index in [1.807, 2.05) is 11.0 Å². The van der Waals surface area contributed by atoms with Crippen LogP contribution in [0.5, 0.6) is 0 Å². The van der Waals surface area contributed by atoms with Crippen LogP contribution in [0.2, 0.25) is 10.0 Å². The Morgan fingerprint density at radius 3 is 2.66 bits per heavy atom. The number of rotatable bonds is 5. The zero-order valence-corrected chi connectivity index (χ0v) is 19.2. The van der Waals surface area contributed by atoms with E-state index in [9.17, 15) is 14.0 Å². The second kappa shape index (κ2) is 10.2. The second-order valence-corrected chi connectivity index (χ2v) is 9.30. The number of nitrogens with one attached hydrogen (secondary N) is 1. The lowest BCUT2D eigenvalue weighted by atomic mass is 9.89. The smallest absolute Gasteiger partial charge is 0.251 e. The monoisotopic (exact) mass is 477 g/mol. The molecule has 2 heterocycles. The predicted molar refractivity (Wildman–Crippen MR) is 124 cm³/mol. The molecule has 8 heteroatoms. The fraction of sp³-hybridized carbons (Fsp3) is 0.417. The summed E-state index contributed by atoms with van der Waals surface area (Å²) < 4.78 is 13.6. The van der Waals surface area contributed by atoms with Crippen molar-refractivity contribution in [1.82, 2.24) is 15.1 Å². The Hall–Kier alpha value is -2.15. The molecule has 2 aliphatic heterocycles. The third kappa shape index (κ3) is 5.42. The van der Waals surface area contributed by atoms with E-state index in [0.717, 1.165) is 37.9 Å². The molecule has 2 unspecified atom stereocenters. The fourth-order valence-electron chi connectivity index (χ4n) is 4.64. The third-order valence-corrected chi connectivity index (χ3v) is 7.13. The largest absolute Gasteiger partial charge is 0.343 e. The molecule has 2 fully saturated rings. The third-order valence-electron chi connectivity index (χ3n) is 6.39. The zero-order chi connectivity index (χ0) is 22.7. The van der Waals surface area contributed by atoms with Crippen molar-refractivity contribution in [3.63, 3.8) is 0 Å². The summed E-state index contributed by atoms with van der Waals surface area (Å²) in [4.78, 5) is 29.2. The molecule has 4 rings (SSSR count). The number of hydrogen-bond acceptors (Lipinski definition) is 3. The van der Waals surface area contributed by atoms with Gasteiger partial charge in [-0.25, -0.2) is 4.39 Å².